The number of anilines is 3. The number of carbonyl (C=O) groups is 1. The van der Waals surface area contributed by atoms with Crippen LogP contribution in [0, 0.1) is 5.82 Å². The first-order valence-electron chi connectivity index (χ1n) is 11.5. The summed E-state index contributed by atoms with van der Waals surface area (Å²) >= 11 is 6.48. The lowest BCUT2D eigenvalue weighted by atomic mass is 10.0. The summed E-state index contributed by atoms with van der Waals surface area (Å²) in [6.45, 7) is 1.58. The summed E-state index contributed by atoms with van der Waals surface area (Å²) in [6, 6.07) is 9.27. The number of amides is 1. The molecule has 0 aliphatic carbocycles. The molecule has 4 rings (SSSR count). The average molecular weight is 615 g/mol. The van der Waals surface area contributed by atoms with Crippen LogP contribution in [0.4, 0.5) is 34.9 Å². The van der Waals surface area contributed by atoms with Gasteiger partial charge in [-0.2, -0.15) is 0 Å². The number of hydrogen-bond donors (Lipinski definition) is 1. The zero-order valence-corrected chi connectivity index (χ0v) is 22.6. The molecule has 0 saturated carbocycles. The predicted molar refractivity (Wildman–Crippen MR) is 139 cm³/mol. The quantitative estimate of drug-likeness (QED) is 0.218. The van der Waals surface area contributed by atoms with Gasteiger partial charge >= 0.3 is 6.36 Å². The summed E-state index contributed by atoms with van der Waals surface area (Å²) in [5, 5.41) is 3.45. The molecule has 10 nitrogen and oxygen atoms in total. The van der Waals surface area contributed by atoms with Crippen molar-refractivity contribution in [2.24, 2.45) is 0 Å². The van der Waals surface area contributed by atoms with Crippen molar-refractivity contribution in [2.45, 2.75) is 24.6 Å². The van der Waals surface area contributed by atoms with E-state index in [2.05, 4.69) is 24.1 Å². The van der Waals surface area contributed by atoms with Crippen LogP contribution in [-0.4, -0.2) is 37.9 Å². The molecular weight excluding hydrogens is 596 g/mol. The Morgan fingerprint density at radius 2 is 1.88 bits per heavy atom. The number of sulfonamides is 1. The highest BCUT2D eigenvalue weighted by Crippen LogP contribution is 2.42. The average Bonchev–Trinajstić information content (AvgIpc) is 3.42. The second-order valence-electron chi connectivity index (χ2n) is 8.12. The second kappa shape index (κ2) is 11.6. The fourth-order valence-corrected chi connectivity index (χ4v) is 4.85. The van der Waals surface area contributed by atoms with Gasteiger partial charge in [-0.1, -0.05) is 29.7 Å². The number of pyridine rings is 1. The number of nitrogens with zero attached hydrogens (tertiary/aromatic N) is 3. The van der Waals surface area contributed by atoms with Crippen LogP contribution in [0.3, 0.4) is 0 Å². The van der Waals surface area contributed by atoms with Crippen LogP contribution in [0.5, 0.6) is 11.5 Å². The van der Waals surface area contributed by atoms with Gasteiger partial charge in [0.1, 0.15) is 22.7 Å². The van der Waals surface area contributed by atoms with Crippen molar-refractivity contribution in [2.75, 3.05) is 16.7 Å². The molecule has 16 heteroatoms. The maximum absolute atomic E-state index is 14.0. The fraction of sp³-hybridized carbons (Fsp3) is 0.160. The molecule has 0 aliphatic heterocycles. The van der Waals surface area contributed by atoms with E-state index < -0.39 is 33.9 Å². The maximum atomic E-state index is 14.0. The van der Waals surface area contributed by atoms with E-state index >= 15 is 0 Å². The molecule has 0 radical (unpaired) electrons. The molecule has 0 aliphatic rings. The van der Waals surface area contributed by atoms with Gasteiger partial charge in [0.15, 0.2) is 17.4 Å². The van der Waals surface area contributed by atoms with Gasteiger partial charge in [-0.25, -0.2) is 17.8 Å². The molecule has 1 amide bonds. The number of halogens is 5. The lowest BCUT2D eigenvalue weighted by Crippen LogP contribution is -2.26. The van der Waals surface area contributed by atoms with Crippen LogP contribution in [-0.2, 0) is 14.8 Å². The van der Waals surface area contributed by atoms with E-state index in [0.717, 1.165) is 23.2 Å². The zero-order chi connectivity index (χ0) is 29.9. The Balaban J connectivity index is 1.74. The largest absolute Gasteiger partial charge is 0.573 e. The Hall–Kier alpha value is -4.37. The number of hydrogen-bond acceptors (Lipinski definition) is 8. The Kier molecular flexibility index (Phi) is 8.39. The first-order valence-corrected chi connectivity index (χ1v) is 13.3. The molecule has 4 aromatic rings. The van der Waals surface area contributed by atoms with Crippen molar-refractivity contribution in [3.63, 3.8) is 0 Å². The number of nitrogens with one attached hydrogen (secondary N) is 1. The SMILES string of the molecule is CCC(=O)N(c1ccc(S(=O)(=O)Nc2ccon2)cn1)c1cc(Cl)c(-c2ccc(F)c(OC(F)(F)F)c2)cc1OC. The third-order valence-corrected chi connectivity index (χ3v) is 7.12. The monoisotopic (exact) mass is 614 g/mol. The summed E-state index contributed by atoms with van der Waals surface area (Å²) in [6.07, 6.45) is -2.92. The lowest BCUT2D eigenvalue weighted by Gasteiger charge is -2.25. The third kappa shape index (κ3) is 6.69. The highest BCUT2D eigenvalue weighted by Gasteiger charge is 2.33. The van der Waals surface area contributed by atoms with Crippen LogP contribution < -0.4 is 19.1 Å². The van der Waals surface area contributed by atoms with Crippen molar-refractivity contribution < 1.29 is 44.8 Å². The number of benzene rings is 2. The number of alkyl halides is 3. The first-order chi connectivity index (χ1) is 19.3. The normalized spacial score (nSPS) is 11.7. The molecule has 2 aromatic carbocycles. The van der Waals surface area contributed by atoms with E-state index in [4.69, 9.17) is 16.3 Å². The highest BCUT2D eigenvalue weighted by atomic mass is 35.5. The van der Waals surface area contributed by atoms with Gasteiger partial charge in [-0.15, -0.1) is 13.2 Å². The van der Waals surface area contributed by atoms with E-state index in [9.17, 15) is 30.8 Å². The van der Waals surface area contributed by atoms with E-state index in [1.807, 2.05) is 0 Å². The Morgan fingerprint density at radius 1 is 1.12 bits per heavy atom. The molecule has 0 spiro atoms. The number of ether oxygens (including phenoxy) is 2. The maximum Gasteiger partial charge on any atom is 0.573 e. The molecule has 0 bridgehead atoms. The van der Waals surface area contributed by atoms with Gasteiger partial charge in [-0.05, 0) is 42.0 Å². The molecule has 0 fully saturated rings. The van der Waals surface area contributed by atoms with Crippen molar-refractivity contribution in [3.8, 4) is 22.6 Å². The summed E-state index contributed by atoms with van der Waals surface area (Å²) in [7, 11) is -2.80. The topological polar surface area (TPSA) is 124 Å². The van der Waals surface area contributed by atoms with Crippen LogP contribution in [0.15, 0.2) is 70.4 Å². The Morgan fingerprint density at radius 3 is 2.46 bits per heavy atom. The smallest absolute Gasteiger partial charge is 0.495 e. The van der Waals surface area contributed by atoms with E-state index in [1.165, 1.54) is 49.8 Å². The second-order valence-corrected chi connectivity index (χ2v) is 10.2. The minimum Gasteiger partial charge on any atom is -0.495 e. The molecule has 216 valence electrons. The van der Waals surface area contributed by atoms with Gasteiger partial charge in [0.05, 0.1) is 17.8 Å². The van der Waals surface area contributed by atoms with Gasteiger partial charge in [-0.3, -0.25) is 14.4 Å². The van der Waals surface area contributed by atoms with Gasteiger partial charge in [0.25, 0.3) is 10.0 Å². The van der Waals surface area contributed by atoms with Gasteiger partial charge < -0.3 is 14.0 Å². The summed E-state index contributed by atoms with van der Waals surface area (Å²) in [4.78, 5) is 18.1. The van der Waals surface area contributed by atoms with Crippen LogP contribution >= 0.6 is 11.6 Å². The molecule has 0 saturated heterocycles. The Labute approximate surface area is 235 Å². The molecule has 2 heterocycles. The first kappa shape index (κ1) is 29.6. The van der Waals surface area contributed by atoms with Gasteiger partial charge in [0, 0.05) is 24.2 Å². The van der Waals surface area contributed by atoms with E-state index in [1.54, 1.807) is 6.92 Å². The molecular formula is C25H19ClF4N4O6S. The van der Waals surface area contributed by atoms with Gasteiger partial charge in [0.2, 0.25) is 5.91 Å². The molecule has 0 unspecified atom stereocenters. The summed E-state index contributed by atoms with van der Waals surface area (Å²) in [5.41, 5.74) is 0.323. The summed E-state index contributed by atoms with van der Waals surface area (Å²) < 4.78 is 93.4. The minimum absolute atomic E-state index is 0.00588. The Bertz CT molecular complexity index is 1670. The molecule has 0 atom stereocenters. The number of carbonyl (C=O) groups excluding carboxylic acids is 1. The fourth-order valence-electron chi connectivity index (χ4n) is 3.65. The van der Waals surface area contributed by atoms with E-state index in [-0.39, 0.29) is 50.5 Å². The zero-order valence-electron chi connectivity index (χ0n) is 21.1. The van der Waals surface area contributed by atoms with Crippen LogP contribution in [0.1, 0.15) is 13.3 Å². The van der Waals surface area contributed by atoms with E-state index in [0.29, 0.717) is 0 Å². The van der Waals surface area contributed by atoms with Crippen molar-refractivity contribution in [1.29, 1.82) is 0 Å². The lowest BCUT2D eigenvalue weighted by molar-refractivity contribution is -0.275. The number of methoxy groups -OCH3 is 1. The predicted octanol–water partition coefficient (Wildman–Crippen LogP) is 6.31. The number of aromatic nitrogens is 2. The van der Waals surface area contributed by atoms with Crippen molar-refractivity contribution in [1.82, 2.24) is 10.1 Å². The molecule has 2 aromatic heterocycles. The van der Waals surface area contributed by atoms with Crippen LogP contribution in [0.2, 0.25) is 5.02 Å². The standard InChI is InChI=1S/C25H19ClF4N4O6S/c1-3-24(35)34(23-7-5-15(13-31-23)41(36,37)33-22-8-9-39-32-22)19-12-17(26)16(11-21(19)38-2)14-4-6-18(27)20(10-14)40-25(28,29)30/h4-13H,3H2,1-2H3,(H,32,33). The molecule has 41 heavy (non-hydrogen) atoms. The highest BCUT2D eigenvalue weighted by molar-refractivity contribution is 7.92. The van der Waals surface area contributed by atoms with Crippen molar-refractivity contribution >= 4 is 44.9 Å². The van der Waals surface area contributed by atoms with Crippen molar-refractivity contribution in [3.05, 3.63) is 71.8 Å². The molecule has 1 N–H and O–H groups in total. The summed E-state index contributed by atoms with van der Waals surface area (Å²) in [5.74, 6) is -2.75. The minimum atomic E-state index is -5.13. The third-order valence-electron chi connectivity index (χ3n) is 5.47. The number of rotatable bonds is 9. The van der Waals surface area contributed by atoms with Crippen LogP contribution in [0.25, 0.3) is 11.1 Å².